The van der Waals surface area contributed by atoms with Crippen molar-refractivity contribution in [2.24, 2.45) is 0 Å². The van der Waals surface area contributed by atoms with Crippen LogP contribution in [0.4, 0.5) is 0 Å². The average molecular weight is 157 g/mol. The molecule has 1 unspecified atom stereocenters. The Morgan fingerprint density at radius 2 is 2.27 bits per heavy atom. The molecule has 1 aliphatic heterocycles. The van der Waals surface area contributed by atoms with Gasteiger partial charge in [0.25, 0.3) is 0 Å². The fraction of sp³-hybridized carbons (Fsp3) is 0.875. The number of methoxy groups -OCH3 is 1. The molecule has 64 valence electrons. The monoisotopic (exact) mass is 157 g/mol. The lowest BCUT2D eigenvalue weighted by Crippen LogP contribution is -2.46. The molecular weight excluding hydrogens is 142 g/mol. The van der Waals surface area contributed by atoms with Gasteiger partial charge in [-0.15, -0.1) is 0 Å². The molecular formula is C8H15NO2. The van der Waals surface area contributed by atoms with Gasteiger partial charge in [-0.05, 0) is 33.4 Å². The summed E-state index contributed by atoms with van der Waals surface area (Å²) in [4.78, 5) is 13.3. The molecule has 0 bridgehead atoms. The van der Waals surface area contributed by atoms with Crippen LogP contribution in [0.25, 0.3) is 0 Å². The lowest BCUT2D eigenvalue weighted by Gasteiger charge is -2.28. The first-order chi connectivity index (χ1) is 5.11. The predicted octanol–water partition coefficient (Wildman–Crippen LogP) is 0.644. The SMILES string of the molecule is COC(=O)C1(C)CCCN1C. The first-order valence-electron chi connectivity index (χ1n) is 3.91. The number of nitrogens with zero attached hydrogens (tertiary/aromatic N) is 1. The van der Waals surface area contributed by atoms with E-state index in [0.29, 0.717) is 0 Å². The molecule has 1 aliphatic rings. The Kier molecular flexibility index (Phi) is 2.18. The van der Waals surface area contributed by atoms with Gasteiger partial charge in [0, 0.05) is 0 Å². The fourth-order valence-electron chi connectivity index (χ4n) is 1.58. The van der Waals surface area contributed by atoms with Crippen LogP contribution in [0.15, 0.2) is 0 Å². The van der Waals surface area contributed by atoms with E-state index in [1.54, 1.807) is 0 Å². The van der Waals surface area contributed by atoms with Gasteiger partial charge in [0.1, 0.15) is 5.54 Å². The first kappa shape index (κ1) is 8.53. The van der Waals surface area contributed by atoms with Gasteiger partial charge >= 0.3 is 5.97 Å². The molecule has 1 rings (SSSR count). The molecule has 0 saturated carbocycles. The van der Waals surface area contributed by atoms with Gasteiger partial charge in [-0.25, -0.2) is 0 Å². The zero-order valence-electron chi connectivity index (χ0n) is 7.39. The van der Waals surface area contributed by atoms with Gasteiger partial charge in [-0.1, -0.05) is 0 Å². The second-order valence-corrected chi connectivity index (χ2v) is 3.29. The Hall–Kier alpha value is -0.570. The summed E-state index contributed by atoms with van der Waals surface area (Å²) >= 11 is 0. The summed E-state index contributed by atoms with van der Waals surface area (Å²) in [7, 11) is 3.41. The van der Waals surface area contributed by atoms with E-state index in [2.05, 4.69) is 4.90 Å². The topological polar surface area (TPSA) is 29.5 Å². The van der Waals surface area contributed by atoms with Gasteiger partial charge in [0.15, 0.2) is 0 Å². The molecule has 0 N–H and O–H groups in total. The number of hydrogen-bond acceptors (Lipinski definition) is 3. The number of carbonyl (C=O) groups excluding carboxylic acids is 1. The summed E-state index contributed by atoms with van der Waals surface area (Å²) in [5.74, 6) is -0.113. The van der Waals surface area contributed by atoms with Crippen molar-refractivity contribution in [1.29, 1.82) is 0 Å². The largest absolute Gasteiger partial charge is 0.468 e. The number of likely N-dealkylation sites (N-methyl/N-ethyl adjacent to an activating group) is 1. The van der Waals surface area contributed by atoms with Gasteiger partial charge in [-0.2, -0.15) is 0 Å². The van der Waals surface area contributed by atoms with Crippen LogP contribution in [0.3, 0.4) is 0 Å². The van der Waals surface area contributed by atoms with Gasteiger partial charge in [0.2, 0.25) is 0 Å². The first-order valence-corrected chi connectivity index (χ1v) is 3.91. The molecule has 0 radical (unpaired) electrons. The smallest absolute Gasteiger partial charge is 0.325 e. The van der Waals surface area contributed by atoms with Crippen LogP contribution >= 0.6 is 0 Å². The van der Waals surface area contributed by atoms with Crippen LogP contribution in [0.1, 0.15) is 19.8 Å². The highest BCUT2D eigenvalue weighted by molar-refractivity contribution is 5.80. The number of carbonyl (C=O) groups is 1. The van der Waals surface area contributed by atoms with Crippen molar-refractivity contribution in [1.82, 2.24) is 4.90 Å². The minimum absolute atomic E-state index is 0.113. The lowest BCUT2D eigenvalue weighted by atomic mass is 10.00. The fourth-order valence-corrected chi connectivity index (χ4v) is 1.58. The van der Waals surface area contributed by atoms with Crippen molar-refractivity contribution in [2.75, 3.05) is 20.7 Å². The minimum Gasteiger partial charge on any atom is -0.468 e. The summed E-state index contributed by atoms with van der Waals surface area (Å²) in [6.45, 7) is 2.93. The summed E-state index contributed by atoms with van der Waals surface area (Å²) in [5.41, 5.74) is -0.366. The Morgan fingerprint density at radius 3 is 2.64 bits per heavy atom. The zero-order chi connectivity index (χ0) is 8.48. The number of rotatable bonds is 1. The van der Waals surface area contributed by atoms with Gasteiger partial charge in [-0.3, -0.25) is 9.69 Å². The summed E-state index contributed by atoms with van der Waals surface area (Å²) < 4.78 is 4.73. The highest BCUT2D eigenvalue weighted by Crippen LogP contribution is 2.27. The maximum Gasteiger partial charge on any atom is 0.325 e. The third-order valence-electron chi connectivity index (χ3n) is 2.62. The highest BCUT2D eigenvalue weighted by atomic mass is 16.5. The maximum absolute atomic E-state index is 11.3. The van der Waals surface area contributed by atoms with Crippen molar-refractivity contribution in [3.8, 4) is 0 Å². The standard InChI is InChI=1S/C8H15NO2/c1-8(7(10)11-3)5-4-6-9(8)2/h4-6H2,1-3H3. The Labute approximate surface area is 67.3 Å². The van der Waals surface area contributed by atoms with Crippen LogP contribution in [0, 0.1) is 0 Å². The van der Waals surface area contributed by atoms with E-state index < -0.39 is 0 Å². The van der Waals surface area contributed by atoms with Crippen molar-refractivity contribution in [2.45, 2.75) is 25.3 Å². The molecule has 0 aliphatic carbocycles. The number of esters is 1. The van der Waals surface area contributed by atoms with E-state index in [1.165, 1.54) is 7.11 Å². The highest BCUT2D eigenvalue weighted by Gasteiger charge is 2.41. The molecule has 1 saturated heterocycles. The van der Waals surface area contributed by atoms with Crippen LogP contribution in [-0.2, 0) is 9.53 Å². The molecule has 1 fully saturated rings. The van der Waals surface area contributed by atoms with Crippen LogP contribution in [0.2, 0.25) is 0 Å². The van der Waals surface area contributed by atoms with E-state index in [4.69, 9.17) is 4.74 Å². The average Bonchev–Trinajstić information content (AvgIpc) is 2.32. The lowest BCUT2D eigenvalue weighted by molar-refractivity contribution is -0.151. The normalized spacial score (nSPS) is 32.3. The number of hydrogen-bond donors (Lipinski definition) is 0. The Morgan fingerprint density at radius 1 is 1.64 bits per heavy atom. The molecule has 0 aromatic rings. The van der Waals surface area contributed by atoms with E-state index >= 15 is 0 Å². The van der Waals surface area contributed by atoms with E-state index in [0.717, 1.165) is 19.4 Å². The van der Waals surface area contributed by atoms with Crippen molar-refractivity contribution >= 4 is 5.97 Å². The molecule has 1 atom stereocenters. The third kappa shape index (κ3) is 1.25. The third-order valence-corrected chi connectivity index (χ3v) is 2.62. The molecule has 3 nitrogen and oxygen atoms in total. The maximum atomic E-state index is 11.3. The molecule has 1 heterocycles. The van der Waals surface area contributed by atoms with E-state index in [9.17, 15) is 4.79 Å². The molecule has 0 amide bonds. The minimum atomic E-state index is -0.366. The molecule has 3 heteroatoms. The van der Waals surface area contributed by atoms with Crippen LogP contribution < -0.4 is 0 Å². The molecule has 0 spiro atoms. The van der Waals surface area contributed by atoms with E-state index in [-0.39, 0.29) is 11.5 Å². The van der Waals surface area contributed by atoms with Crippen molar-refractivity contribution < 1.29 is 9.53 Å². The quantitative estimate of drug-likeness (QED) is 0.523. The van der Waals surface area contributed by atoms with Crippen LogP contribution in [0.5, 0.6) is 0 Å². The Bertz CT molecular complexity index is 169. The predicted molar refractivity (Wildman–Crippen MR) is 42.3 cm³/mol. The zero-order valence-corrected chi connectivity index (χ0v) is 7.39. The molecule has 0 aromatic carbocycles. The second-order valence-electron chi connectivity index (χ2n) is 3.29. The number of likely N-dealkylation sites (tertiary alicyclic amines) is 1. The second kappa shape index (κ2) is 2.81. The van der Waals surface area contributed by atoms with E-state index in [1.807, 2.05) is 14.0 Å². The summed E-state index contributed by atoms with van der Waals surface area (Å²) in [6, 6.07) is 0. The molecule has 0 aromatic heterocycles. The summed E-state index contributed by atoms with van der Waals surface area (Å²) in [6.07, 6.45) is 2.00. The van der Waals surface area contributed by atoms with Gasteiger partial charge in [0.05, 0.1) is 7.11 Å². The number of ether oxygens (including phenoxy) is 1. The molecule has 11 heavy (non-hydrogen) atoms. The van der Waals surface area contributed by atoms with Crippen molar-refractivity contribution in [3.63, 3.8) is 0 Å². The van der Waals surface area contributed by atoms with Crippen molar-refractivity contribution in [3.05, 3.63) is 0 Å². The van der Waals surface area contributed by atoms with Gasteiger partial charge < -0.3 is 4.74 Å². The summed E-state index contributed by atoms with van der Waals surface area (Å²) in [5, 5.41) is 0. The van der Waals surface area contributed by atoms with Crippen LogP contribution in [-0.4, -0.2) is 37.1 Å². The Balaban J connectivity index is 2.72.